The molecule has 0 spiro atoms. The SMILES string of the molecule is C[C@H]1C(=O)CN[C@@H]1CO. The van der Waals surface area contributed by atoms with Crippen LogP contribution in [0.4, 0.5) is 0 Å². The smallest absolute Gasteiger partial charge is 0.151 e. The first-order chi connectivity index (χ1) is 4.25. The van der Waals surface area contributed by atoms with Crippen molar-refractivity contribution in [1.82, 2.24) is 5.32 Å². The van der Waals surface area contributed by atoms with E-state index >= 15 is 0 Å². The van der Waals surface area contributed by atoms with E-state index in [1.54, 1.807) is 0 Å². The second kappa shape index (κ2) is 2.45. The van der Waals surface area contributed by atoms with E-state index in [1.807, 2.05) is 6.92 Å². The normalized spacial score (nSPS) is 35.6. The summed E-state index contributed by atoms with van der Waals surface area (Å²) < 4.78 is 0. The third-order valence-electron chi connectivity index (χ3n) is 1.85. The highest BCUT2D eigenvalue weighted by Gasteiger charge is 2.29. The van der Waals surface area contributed by atoms with Crippen LogP contribution in [0.15, 0.2) is 0 Å². The standard InChI is InChI=1S/C6H11NO2/c1-4-5(3-8)7-2-6(4)9/h4-5,7-8H,2-3H2,1H3/t4-,5-/m1/s1. The van der Waals surface area contributed by atoms with Crippen molar-refractivity contribution >= 4 is 5.78 Å². The van der Waals surface area contributed by atoms with E-state index in [4.69, 9.17) is 5.11 Å². The molecule has 3 nitrogen and oxygen atoms in total. The number of hydrogen-bond acceptors (Lipinski definition) is 3. The van der Waals surface area contributed by atoms with E-state index in [-0.39, 0.29) is 24.3 Å². The van der Waals surface area contributed by atoms with Gasteiger partial charge in [0.05, 0.1) is 13.2 Å². The number of ketones is 1. The molecular weight excluding hydrogens is 118 g/mol. The highest BCUT2D eigenvalue weighted by atomic mass is 16.3. The molecule has 1 aliphatic heterocycles. The van der Waals surface area contributed by atoms with Gasteiger partial charge < -0.3 is 10.4 Å². The lowest BCUT2D eigenvalue weighted by molar-refractivity contribution is -0.119. The summed E-state index contributed by atoms with van der Waals surface area (Å²) >= 11 is 0. The van der Waals surface area contributed by atoms with Gasteiger partial charge in [0.15, 0.2) is 5.78 Å². The van der Waals surface area contributed by atoms with Gasteiger partial charge in [-0.3, -0.25) is 4.79 Å². The monoisotopic (exact) mass is 129 g/mol. The second-order valence-corrected chi connectivity index (χ2v) is 2.42. The van der Waals surface area contributed by atoms with Crippen LogP contribution in [0, 0.1) is 5.92 Å². The number of Topliss-reactive ketones (excluding diaryl/α,β-unsaturated/α-hetero) is 1. The topological polar surface area (TPSA) is 49.3 Å². The zero-order chi connectivity index (χ0) is 6.85. The van der Waals surface area contributed by atoms with Gasteiger partial charge in [-0.1, -0.05) is 6.92 Å². The summed E-state index contributed by atoms with van der Waals surface area (Å²) in [5.41, 5.74) is 0. The summed E-state index contributed by atoms with van der Waals surface area (Å²) in [4.78, 5) is 10.8. The molecule has 1 heterocycles. The fraction of sp³-hybridized carbons (Fsp3) is 0.833. The lowest BCUT2D eigenvalue weighted by Crippen LogP contribution is -2.29. The van der Waals surface area contributed by atoms with Crippen molar-refractivity contribution in [2.45, 2.75) is 13.0 Å². The molecule has 1 saturated heterocycles. The predicted molar refractivity (Wildman–Crippen MR) is 33.0 cm³/mol. The lowest BCUT2D eigenvalue weighted by atomic mass is 10.0. The minimum absolute atomic E-state index is 0.00231. The zero-order valence-corrected chi connectivity index (χ0v) is 5.42. The first-order valence-electron chi connectivity index (χ1n) is 3.12. The maximum atomic E-state index is 10.8. The van der Waals surface area contributed by atoms with Crippen LogP contribution >= 0.6 is 0 Å². The minimum atomic E-state index is -0.00463. The molecule has 0 aromatic carbocycles. The predicted octanol–water partition coefficient (Wildman–Crippen LogP) is -0.844. The van der Waals surface area contributed by atoms with Crippen LogP contribution in [-0.4, -0.2) is 30.1 Å². The van der Waals surface area contributed by atoms with Crippen molar-refractivity contribution in [2.24, 2.45) is 5.92 Å². The average Bonchev–Trinajstić information content (AvgIpc) is 2.15. The van der Waals surface area contributed by atoms with Crippen LogP contribution in [0.2, 0.25) is 0 Å². The van der Waals surface area contributed by atoms with E-state index in [2.05, 4.69) is 5.32 Å². The fourth-order valence-corrected chi connectivity index (χ4v) is 1.02. The lowest BCUT2D eigenvalue weighted by Gasteiger charge is -2.08. The van der Waals surface area contributed by atoms with Gasteiger partial charge in [-0.15, -0.1) is 0 Å². The van der Waals surface area contributed by atoms with Crippen LogP contribution in [0.3, 0.4) is 0 Å². The zero-order valence-electron chi connectivity index (χ0n) is 5.42. The van der Waals surface area contributed by atoms with E-state index < -0.39 is 0 Å². The molecule has 0 aromatic rings. The van der Waals surface area contributed by atoms with Crippen molar-refractivity contribution in [1.29, 1.82) is 0 Å². The Balaban J connectivity index is 2.51. The second-order valence-electron chi connectivity index (χ2n) is 2.42. The van der Waals surface area contributed by atoms with Crippen LogP contribution in [0.1, 0.15) is 6.92 Å². The molecule has 0 radical (unpaired) electrons. The van der Waals surface area contributed by atoms with Gasteiger partial charge in [0.25, 0.3) is 0 Å². The molecule has 1 rings (SSSR count). The van der Waals surface area contributed by atoms with Gasteiger partial charge in [-0.25, -0.2) is 0 Å². The quantitative estimate of drug-likeness (QED) is 0.485. The number of carbonyl (C=O) groups is 1. The van der Waals surface area contributed by atoms with Crippen LogP contribution in [0.25, 0.3) is 0 Å². The molecule has 1 fully saturated rings. The first kappa shape index (κ1) is 6.71. The largest absolute Gasteiger partial charge is 0.395 e. The number of carbonyl (C=O) groups excluding carboxylic acids is 1. The van der Waals surface area contributed by atoms with E-state index in [9.17, 15) is 4.79 Å². The number of nitrogens with one attached hydrogen (secondary N) is 1. The Morgan fingerprint density at radius 2 is 2.56 bits per heavy atom. The Morgan fingerprint density at radius 1 is 1.89 bits per heavy atom. The van der Waals surface area contributed by atoms with Crippen molar-refractivity contribution in [3.8, 4) is 0 Å². The molecule has 0 bridgehead atoms. The van der Waals surface area contributed by atoms with Crippen LogP contribution in [0.5, 0.6) is 0 Å². The number of aliphatic hydroxyl groups excluding tert-OH is 1. The van der Waals surface area contributed by atoms with Gasteiger partial charge in [-0.05, 0) is 0 Å². The molecular formula is C6H11NO2. The summed E-state index contributed by atoms with van der Waals surface area (Å²) in [5.74, 6) is 0.198. The molecule has 0 aliphatic carbocycles. The third-order valence-corrected chi connectivity index (χ3v) is 1.85. The van der Waals surface area contributed by atoms with Crippen LogP contribution < -0.4 is 5.32 Å². The molecule has 52 valence electrons. The molecule has 0 amide bonds. The Hall–Kier alpha value is -0.410. The van der Waals surface area contributed by atoms with E-state index in [1.165, 1.54) is 0 Å². The molecule has 2 N–H and O–H groups in total. The summed E-state index contributed by atoms with van der Waals surface area (Å²) in [6, 6.07) is -0.00231. The average molecular weight is 129 g/mol. The molecule has 0 aromatic heterocycles. The van der Waals surface area contributed by atoms with E-state index in [0.29, 0.717) is 6.54 Å². The summed E-state index contributed by atoms with van der Waals surface area (Å²) in [6.45, 7) is 2.32. The number of hydrogen-bond donors (Lipinski definition) is 2. The molecule has 3 heteroatoms. The van der Waals surface area contributed by atoms with Gasteiger partial charge in [-0.2, -0.15) is 0 Å². The number of rotatable bonds is 1. The van der Waals surface area contributed by atoms with Gasteiger partial charge >= 0.3 is 0 Å². The van der Waals surface area contributed by atoms with Crippen molar-refractivity contribution < 1.29 is 9.90 Å². The van der Waals surface area contributed by atoms with E-state index in [0.717, 1.165) is 0 Å². The molecule has 0 saturated carbocycles. The molecule has 0 unspecified atom stereocenters. The third kappa shape index (κ3) is 1.11. The Labute approximate surface area is 54.1 Å². The Bertz CT molecular complexity index is 124. The van der Waals surface area contributed by atoms with Crippen molar-refractivity contribution in [3.05, 3.63) is 0 Å². The summed E-state index contributed by atoms with van der Waals surface area (Å²) in [6.07, 6.45) is 0. The highest BCUT2D eigenvalue weighted by Crippen LogP contribution is 2.09. The Morgan fingerprint density at radius 3 is 2.78 bits per heavy atom. The van der Waals surface area contributed by atoms with Crippen molar-refractivity contribution in [2.75, 3.05) is 13.2 Å². The van der Waals surface area contributed by atoms with Gasteiger partial charge in [0.1, 0.15) is 0 Å². The van der Waals surface area contributed by atoms with Gasteiger partial charge in [0, 0.05) is 12.0 Å². The molecule has 2 atom stereocenters. The fourth-order valence-electron chi connectivity index (χ4n) is 1.02. The maximum absolute atomic E-state index is 10.8. The number of aliphatic hydroxyl groups is 1. The maximum Gasteiger partial charge on any atom is 0.151 e. The molecule has 9 heavy (non-hydrogen) atoms. The highest BCUT2D eigenvalue weighted by molar-refractivity contribution is 5.85. The van der Waals surface area contributed by atoms with Crippen molar-refractivity contribution in [3.63, 3.8) is 0 Å². The first-order valence-corrected chi connectivity index (χ1v) is 3.12. The van der Waals surface area contributed by atoms with Gasteiger partial charge in [0.2, 0.25) is 0 Å². The summed E-state index contributed by atoms with van der Waals surface area (Å²) in [7, 11) is 0. The van der Waals surface area contributed by atoms with Crippen LogP contribution in [-0.2, 0) is 4.79 Å². The molecule has 1 aliphatic rings. The summed E-state index contributed by atoms with van der Waals surface area (Å²) in [5, 5.41) is 11.5. The minimum Gasteiger partial charge on any atom is -0.395 e. The Kier molecular flexibility index (Phi) is 1.83.